The number of anilines is 2. The van der Waals surface area contributed by atoms with Crippen LogP contribution in [0.25, 0.3) is 0 Å². The lowest BCUT2D eigenvalue weighted by molar-refractivity contribution is -0.114. The van der Waals surface area contributed by atoms with Gasteiger partial charge in [-0.05, 0) is 55.8 Å². The van der Waals surface area contributed by atoms with Gasteiger partial charge in [0.25, 0.3) is 0 Å². The third-order valence-corrected chi connectivity index (χ3v) is 8.11. The molecule has 1 amide bonds. The zero-order valence-electron chi connectivity index (χ0n) is 20.0. The van der Waals surface area contributed by atoms with Gasteiger partial charge in [-0.25, -0.2) is 18.4 Å². The highest BCUT2D eigenvalue weighted by molar-refractivity contribution is 7.89. The Kier molecular flexibility index (Phi) is 7.39. The molecular formula is C25H28ClN5O3S. The Morgan fingerprint density at radius 3 is 2.20 bits per heavy atom. The van der Waals surface area contributed by atoms with Crippen molar-refractivity contribution in [3.05, 3.63) is 76.2 Å². The molecule has 1 N–H and O–H groups in total. The summed E-state index contributed by atoms with van der Waals surface area (Å²) in [7, 11) is -3.64. The van der Waals surface area contributed by atoms with Crippen molar-refractivity contribution in [3.63, 3.8) is 0 Å². The summed E-state index contributed by atoms with van der Waals surface area (Å²) in [6.07, 6.45) is 0.664. The van der Waals surface area contributed by atoms with Gasteiger partial charge in [-0.3, -0.25) is 4.79 Å². The van der Waals surface area contributed by atoms with Crippen molar-refractivity contribution < 1.29 is 13.2 Å². The predicted molar refractivity (Wildman–Crippen MR) is 137 cm³/mol. The van der Waals surface area contributed by atoms with Gasteiger partial charge in [-0.2, -0.15) is 4.31 Å². The predicted octanol–water partition coefficient (Wildman–Crippen LogP) is 3.81. The number of benzene rings is 2. The Morgan fingerprint density at radius 1 is 0.971 bits per heavy atom. The summed E-state index contributed by atoms with van der Waals surface area (Å²) >= 11 is 6.04. The van der Waals surface area contributed by atoms with E-state index in [9.17, 15) is 13.2 Å². The molecule has 1 fully saturated rings. The van der Waals surface area contributed by atoms with Crippen LogP contribution >= 0.6 is 11.6 Å². The number of aryl methyl sites for hydroxylation is 2. The van der Waals surface area contributed by atoms with E-state index in [-0.39, 0.29) is 10.8 Å². The maximum Gasteiger partial charge on any atom is 0.243 e. The highest BCUT2D eigenvalue weighted by Crippen LogP contribution is 2.27. The number of aromatic nitrogens is 2. The molecule has 0 bridgehead atoms. The van der Waals surface area contributed by atoms with Crippen molar-refractivity contribution >= 4 is 39.0 Å². The van der Waals surface area contributed by atoms with Gasteiger partial charge in [0.1, 0.15) is 11.6 Å². The highest BCUT2D eigenvalue weighted by atomic mass is 35.5. The zero-order valence-corrected chi connectivity index (χ0v) is 21.5. The average molecular weight is 514 g/mol. The highest BCUT2D eigenvalue weighted by Gasteiger charge is 2.30. The van der Waals surface area contributed by atoms with Crippen molar-refractivity contribution in [1.82, 2.24) is 14.3 Å². The number of carbonyl (C=O) groups is 1. The Bertz CT molecular complexity index is 1320. The molecule has 184 valence electrons. The van der Waals surface area contributed by atoms with Gasteiger partial charge in [0.2, 0.25) is 15.9 Å². The number of carbonyl (C=O) groups excluding carboxylic acids is 1. The van der Waals surface area contributed by atoms with E-state index >= 15 is 0 Å². The summed E-state index contributed by atoms with van der Waals surface area (Å²) in [4.78, 5) is 22.9. The number of rotatable bonds is 6. The van der Waals surface area contributed by atoms with E-state index in [1.54, 1.807) is 12.1 Å². The summed E-state index contributed by atoms with van der Waals surface area (Å²) in [5.74, 6) is 1.33. The number of hydrogen-bond acceptors (Lipinski definition) is 6. The van der Waals surface area contributed by atoms with Crippen molar-refractivity contribution in [3.8, 4) is 0 Å². The van der Waals surface area contributed by atoms with Crippen LogP contribution in [0.4, 0.5) is 11.5 Å². The Morgan fingerprint density at radius 2 is 1.60 bits per heavy atom. The van der Waals surface area contributed by atoms with Gasteiger partial charge in [-0.1, -0.05) is 23.7 Å². The molecule has 0 spiro atoms. The normalized spacial score (nSPS) is 14.7. The van der Waals surface area contributed by atoms with Crippen LogP contribution in [0.2, 0.25) is 5.02 Å². The van der Waals surface area contributed by atoms with Gasteiger partial charge in [0, 0.05) is 61.5 Å². The molecule has 2 heterocycles. The maximum absolute atomic E-state index is 13.2. The van der Waals surface area contributed by atoms with E-state index in [4.69, 9.17) is 16.6 Å². The molecule has 2 aromatic carbocycles. The Labute approximate surface area is 211 Å². The van der Waals surface area contributed by atoms with E-state index < -0.39 is 10.0 Å². The number of halogens is 1. The molecule has 4 rings (SSSR count). The second-order valence-electron chi connectivity index (χ2n) is 8.56. The molecular weight excluding hydrogens is 486 g/mol. The van der Waals surface area contributed by atoms with Gasteiger partial charge in [0.05, 0.1) is 4.90 Å². The summed E-state index contributed by atoms with van der Waals surface area (Å²) in [6, 6.07) is 14.0. The van der Waals surface area contributed by atoms with Crippen molar-refractivity contribution in [2.24, 2.45) is 0 Å². The number of nitrogens with zero attached hydrogens (tertiary/aromatic N) is 4. The summed E-state index contributed by atoms with van der Waals surface area (Å²) in [6.45, 7) is 6.99. The quantitative estimate of drug-likeness (QED) is 0.538. The first-order valence-electron chi connectivity index (χ1n) is 11.3. The van der Waals surface area contributed by atoms with Crippen LogP contribution in [0.5, 0.6) is 0 Å². The number of nitrogens with one attached hydrogen (secondary N) is 1. The summed E-state index contributed by atoms with van der Waals surface area (Å²) in [5, 5.41) is 3.34. The minimum absolute atomic E-state index is 0.206. The van der Waals surface area contributed by atoms with E-state index in [0.717, 1.165) is 22.6 Å². The van der Waals surface area contributed by atoms with Crippen LogP contribution in [0.1, 0.15) is 29.6 Å². The molecule has 10 heteroatoms. The molecule has 1 aromatic heterocycles. The molecule has 0 atom stereocenters. The fraction of sp³-hybridized carbons (Fsp3) is 0.320. The first kappa shape index (κ1) is 25.1. The third-order valence-electron chi connectivity index (χ3n) is 5.95. The lowest BCUT2D eigenvalue weighted by atomic mass is 10.0. The maximum atomic E-state index is 13.2. The number of hydrogen-bond donors (Lipinski definition) is 1. The molecule has 0 unspecified atom stereocenters. The molecule has 3 aromatic rings. The fourth-order valence-electron chi connectivity index (χ4n) is 4.20. The second-order valence-corrected chi connectivity index (χ2v) is 10.9. The standard InChI is InChI=1S/C25H28ClN5O3S/c1-17-24(16-20-4-6-21(26)7-5-20)25(28-18(2)27-17)30-12-14-31(15-13-30)35(33,34)23-10-8-22(9-11-23)29-19(3)32/h4-11H,12-16H2,1-3H3,(H,29,32). The van der Waals surface area contributed by atoms with Gasteiger partial charge in [0.15, 0.2) is 0 Å². The van der Waals surface area contributed by atoms with Crippen LogP contribution in [0, 0.1) is 13.8 Å². The number of amides is 1. The largest absolute Gasteiger partial charge is 0.354 e. The minimum Gasteiger partial charge on any atom is -0.354 e. The first-order chi connectivity index (χ1) is 16.6. The molecule has 1 saturated heterocycles. The molecule has 1 aliphatic rings. The van der Waals surface area contributed by atoms with Crippen LogP contribution in [0.15, 0.2) is 53.4 Å². The lowest BCUT2D eigenvalue weighted by Gasteiger charge is -2.36. The number of piperazine rings is 1. The Hall–Kier alpha value is -3.01. The topological polar surface area (TPSA) is 95.5 Å². The van der Waals surface area contributed by atoms with Crippen LogP contribution < -0.4 is 10.2 Å². The van der Waals surface area contributed by atoms with E-state index in [1.807, 2.05) is 38.1 Å². The average Bonchev–Trinajstić information content (AvgIpc) is 2.82. The van der Waals surface area contributed by atoms with Crippen molar-refractivity contribution in [2.45, 2.75) is 32.1 Å². The molecule has 0 radical (unpaired) electrons. The zero-order chi connectivity index (χ0) is 25.2. The number of sulfonamides is 1. The lowest BCUT2D eigenvalue weighted by Crippen LogP contribution is -2.49. The van der Waals surface area contributed by atoms with Crippen molar-refractivity contribution in [1.29, 1.82) is 0 Å². The van der Waals surface area contributed by atoms with E-state index in [0.29, 0.717) is 49.1 Å². The molecule has 35 heavy (non-hydrogen) atoms. The van der Waals surface area contributed by atoms with E-state index in [2.05, 4.69) is 15.2 Å². The first-order valence-corrected chi connectivity index (χ1v) is 13.2. The van der Waals surface area contributed by atoms with Crippen LogP contribution in [0.3, 0.4) is 0 Å². The van der Waals surface area contributed by atoms with Gasteiger partial charge >= 0.3 is 0 Å². The molecule has 0 saturated carbocycles. The summed E-state index contributed by atoms with van der Waals surface area (Å²) < 4.78 is 27.9. The van der Waals surface area contributed by atoms with Crippen LogP contribution in [-0.2, 0) is 21.2 Å². The third kappa shape index (κ3) is 5.80. The monoisotopic (exact) mass is 513 g/mol. The smallest absolute Gasteiger partial charge is 0.243 e. The SMILES string of the molecule is CC(=O)Nc1ccc(S(=O)(=O)N2CCN(c3nc(C)nc(C)c3Cc3ccc(Cl)cc3)CC2)cc1. The summed E-state index contributed by atoms with van der Waals surface area (Å²) in [5.41, 5.74) is 3.61. The minimum atomic E-state index is -3.64. The molecule has 1 aliphatic heterocycles. The molecule has 8 nitrogen and oxygen atoms in total. The Balaban J connectivity index is 1.51. The van der Waals surface area contributed by atoms with Crippen molar-refractivity contribution in [2.75, 3.05) is 36.4 Å². The second kappa shape index (κ2) is 10.3. The van der Waals surface area contributed by atoms with Gasteiger partial charge < -0.3 is 10.2 Å². The fourth-order valence-corrected chi connectivity index (χ4v) is 5.74. The molecule has 0 aliphatic carbocycles. The van der Waals surface area contributed by atoms with E-state index in [1.165, 1.54) is 23.4 Å². The van der Waals surface area contributed by atoms with Crippen LogP contribution in [-0.4, -0.2) is 54.8 Å². The van der Waals surface area contributed by atoms with Gasteiger partial charge in [-0.15, -0.1) is 0 Å².